The molecule has 3 rings (SSSR count). The average Bonchev–Trinajstić information content (AvgIpc) is 3.52. The SMILES string of the molecule is CCCCCCCCCCCCCCCC[N+](C)(C)C.[NH-]S(=O)(=O)c1cc(C(=O)S)cc(N2CCCC2)c1Oc1ccccc1. The van der Waals surface area contributed by atoms with Crippen LogP contribution in [0.4, 0.5) is 5.69 Å². The molecule has 1 aliphatic rings. The monoisotopic (exact) mass is 661 g/mol. The number of quaternary nitrogens is 1. The number of nitrogens with zero attached hydrogens (tertiary/aromatic N) is 2. The van der Waals surface area contributed by atoms with E-state index in [2.05, 4.69) is 40.7 Å². The van der Waals surface area contributed by atoms with Gasteiger partial charge in [0, 0.05) is 18.7 Å². The highest BCUT2D eigenvalue weighted by atomic mass is 32.2. The number of thiol groups is 1. The summed E-state index contributed by atoms with van der Waals surface area (Å²) in [5, 5.41) is 6.96. The zero-order chi connectivity index (χ0) is 33.1. The molecular weight excluding hydrogens is 603 g/mol. The van der Waals surface area contributed by atoms with Gasteiger partial charge in [0.15, 0.2) is 5.75 Å². The molecule has 0 atom stereocenters. The largest absolute Gasteiger partial charge is 0.560 e. The van der Waals surface area contributed by atoms with Crippen LogP contribution in [0.5, 0.6) is 11.5 Å². The highest BCUT2D eigenvalue weighted by Crippen LogP contribution is 2.41. The van der Waals surface area contributed by atoms with Gasteiger partial charge >= 0.3 is 0 Å². The van der Waals surface area contributed by atoms with Gasteiger partial charge in [-0.2, -0.15) is 0 Å². The Hall–Kier alpha value is -2.07. The first-order valence-corrected chi connectivity index (χ1v) is 19.0. The summed E-state index contributed by atoms with van der Waals surface area (Å²) in [6, 6.07) is 11.5. The van der Waals surface area contributed by atoms with Gasteiger partial charge in [-0.15, -0.1) is 12.6 Å². The van der Waals surface area contributed by atoms with Crippen molar-refractivity contribution in [2.24, 2.45) is 0 Å². The van der Waals surface area contributed by atoms with Gasteiger partial charge in [-0.05, 0) is 49.9 Å². The molecule has 0 aliphatic carbocycles. The molecule has 1 N–H and O–H groups in total. The molecule has 1 heterocycles. The van der Waals surface area contributed by atoms with Gasteiger partial charge in [0.25, 0.3) is 0 Å². The molecule has 0 saturated carbocycles. The van der Waals surface area contributed by atoms with Gasteiger partial charge < -0.3 is 19.3 Å². The lowest BCUT2D eigenvalue weighted by Crippen LogP contribution is -2.35. The molecule has 2 aromatic carbocycles. The van der Waals surface area contributed by atoms with Gasteiger partial charge in [0.2, 0.25) is 5.12 Å². The van der Waals surface area contributed by atoms with Crippen LogP contribution in [0.2, 0.25) is 0 Å². The molecule has 0 radical (unpaired) electrons. The topological polar surface area (TPSA) is 87.5 Å². The number of para-hydroxylation sites is 1. The third kappa shape index (κ3) is 16.4. The van der Waals surface area contributed by atoms with Crippen molar-refractivity contribution in [2.45, 2.75) is 115 Å². The quantitative estimate of drug-likeness (QED) is 0.0867. The second kappa shape index (κ2) is 20.9. The van der Waals surface area contributed by atoms with Crippen molar-refractivity contribution in [3.8, 4) is 11.5 Å². The van der Waals surface area contributed by atoms with E-state index in [1.165, 1.54) is 96.4 Å². The summed E-state index contributed by atoms with van der Waals surface area (Å²) in [5.41, 5.74) is 0.614. The van der Waals surface area contributed by atoms with E-state index in [-0.39, 0.29) is 16.2 Å². The number of benzene rings is 2. The summed E-state index contributed by atoms with van der Waals surface area (Å²) >= 11 is 3.80. The third-order valence-corrected chi connectivity index (χ3v) is 9.30. The molecule has 0 amide bonds. The van der Waals surface area contributed by atoms with Gasteiger partial charge in [-0.1, -0.05) is 102 Å². The highest BCUT2D eigenvalue weighted by molar-refractivity contribution is 7.97. The molecule has 45 heavy (non-hydrogen) atoms. The van der Waals surface area contributed by atoms with E-state index < -0.39 is 15.1 Å². The minimum absolute atomic E-state index is 0.0708. The molecular formula is C36H59N3O4S2. The van der Waals surface area contributed by atoms with E-state index in [1.807, 2.05) is 11.0 Å². The van der Waals surface area contributed by atoms with Crippen LogP contribution >= 0.6 is 12.6 Å². The van der Waals surface area contributed by atoms with Gasteiger partial charge in [0.1, 0.15) is 15.8 Å². The van der Waals surface area contributed by atoms with Crippen LogP contribution < -0.4 is 9.64 Å². The van der Waals surface area contributed by atoms with E-state index in [0.29, 0.717) is 11.4 Å². The summed E-state index contributed by atoms with van der Waals surface area (Å²) in [7, 11) is 2.53. The minimum Gasteiger partial charge on any atom is -0.560 e. The maximum absolute atomic E-state index is 12.0. The molecule has 0 bridgehead atoms. The standard InChI is InChI=1S/C19H42N.C17H18N2O4S2/c1-5-6-7-8-9-10-11-12-13-14-15-16-17-18-19-20(2,3)4;18-25(21,22)15-11-12(17(20)24)10-14(19-8-4-5-9-19)16(15)23-13-6-2-1-3-7-13/h5-19H2,1-4H3;1-3,6-7,10-11H,4-5,8-9H2,(H3,18,20,21,22,24)/q+1;/p-1. The summed E-state index contributed by atoms with van der Waals surface area (Å²) < 4.78 is 31.0. The number of sulfonamides is 1. The predicted octanol–water partition coefficient (Wildman–Crippen LogP) is 10.1. The zero-order valence-electron chi connectivity index (χ0n) is 28.4. The van der Waals surface area contributed by atoms with Crippen molar-refractivity contribution in [1.82, 2.24) is 0 Å². The van der Waals surface area contributed by atoms with Gasteiger partial charge in [-0.3, -0.25) is 4.79 Å². The maximum atomic E-state index is 12.0. The highest BCUT2D eigenvalue weighted by Gasteiger charge is 2.25. The predicted molar refractivity (Wildman–Crippen MR) is 192 cm³/mol. The van der Waals surface area contributed by atoms with E-state index in [4.69, 9.17) is 9.88 Å². The van der Waals surface area contributed by atoms with Crippen LogP contribution in [0.1, 0.15) is 120 Å². The van der Waals surface area contributed by atoms with Crippen molar-refractivity contribution < 1.29 is 22.4 Å². The van der Waals surface area contributed by atoms with E-state index in [0.717, 1.165) is 36.5 Å². The van der Waals surface area contributed by atoms with Crippen molar-refractivity contribution in [3.63, 3.8) is 0 Å². The Morgan fingerprint density at radius 1 is 0.822 bits per heavy atom. The first-order chi connectivity index (χ1) is 21.4. The Morgan fingerprint density at radius 3 is 1.76 bits per heavy atom. The molecule has 2 aromatic rings. The van der Waals surface area contributed by atoms with Crippen LogP contribution in [0, 0.1) is 0 Å². The normalized spacial score (nSPS) is 13.4. The Morgan fingerprint density at radius 2 is 1.31 bits per heavy atom. The van der Waals surface area contributed by atoms with Gasteiger partial charge in [0.05, 0.1) is 38.3 Å². The fraction of sp³-hybridized carbons (Fsp3) is 0.639. The second-order valence-corrected chi connectivity index (χ2v) is 15.2. The molecule has 0 unspecified atom stereocenters. The van der Waals surface area contributed by atoms with Crippen LogP contribution in [0.3, 0.4) is 0 Å². The maximum Gasteiger partial charge on any atom is 0.216 e. The molecule has 9 heteroatoms. The number of carbonyl (C=O) groups excluding carboxylic acids is 1. The van der Waals surface area contributed by atoms with Crippen LogP contribution in [0.25, 0.3) is 5.14 Å². The third-order valence-electron chi connectivity index (χ3n) is 8.16. The van der Waals surface area contributed by atoms with Crippen LogP contribution in [-0.2, 0) is 10.0 Å². The van der Waals surface area contributed by atoms with Crippen molar-refractivity contribution in [2.75, 3.05) is 45.7 Å². The summed E-state index contributed by atoms with van der Waals surface area (Å²) in [6.07, 6.45) is 22.3. The van der Waals surface area contributed by atoms with Crippen LogP contribution in [0.15, 0.2) is 47.4 Å². The molecule has 1 saturated heterocycles. The number of hydrogen-bond acceptors (Lipinski definition) is 5. The molecule has 0 aromatic heterocycles. The number of carbonyl (C=O) groups is 1. The number of hydrogen-bond donors (Lipinski definition) is 1. The number of unbranched alkanes of at least 4 members (excludes halogenated alkanes) is 13. The molecule has 0 spiro atoms. The molecule has 254 valence electrons. The smallest absolute Gasteiger partial charge is 0.216 e. The average molecular weight is 662 g/mol. The van der Waals surface area contributed by atoms with Crippen molar-refractivity contribution in [1.29, 1.82) is 0 Å². The van der Waals surface area contributed by atoms with Crippen molar-refractivity contribution in [3.05, 3.63) is 53.2 Å². The lowest BCUT2D eigenvalue weighted by molar-refractivity contribution is -0.870. The minimum atomic E-state index is -4.35. The number of anilines is 1. The van der Waals surface area contributed by atoms with E-state index in [1.54, 1.807) is 30.3 Å². The summed E-state index contributed by atoms with van der Waals surface area (Å²) in [6.45, 7) is 5.08. The van der Waals surface area contributed by atoms with Gasteiger partial charge in [-0.25, -0.2) is 8.42 Å². The second-order valence-electron chi connectivity index (χ2n) is 13.4. The Balaban J connectivity index is 0.000000324. The number of rotatable bonds is 20. The van der Waals surface area contributed by atoms with Crippen LogP contribution in [-0.4, -0.2) is 58.8 Å². The lowest BCUT2D eigenvalue weighted by atomic mass is 10.0. The van der Waals surface area contributed by atoms with Crippen molar-refractivity contribution >= 4 is 33.5 Å². The number of ether oxygens (including phenoxy) is 1. The molecule has 7 nitrogen and oxygen atoms in total. The lowest BCUT2D eigenvalue weighted by Gasteiger charge is -2.24. The summed E-state index contributed by atoms with van der Waals surface area (Å²) in [4.78, 5) is 13.3. The fourth-order valence-corrected chi connectivity index (χ4v) is 6.39. The first-order valence-electron chi connectivity index (χ1n) is 17.1. The summed E-state index contributed by atoms with van der Waals surface area (Å²) in [5.74, 6) is 0.527. The molecule has 1 aliphatic heterocycles. The first kappa shape index (κ1) is 39.1. The molecule has 1 fully saturated rings. The zero-order valence-corrected chi connectivity index (χ0v) is 30.1. The Labute approximate surface area is 280 Å². The Kier molecular flexibility index (Phi) is 18.2. The number of nitrogens with one attached hydrogen (secondary N) is 1. The fourth-order valence-electron chi connectivity index (χ4n) is 5.59. The van der Waals surface area contributed by atoms with E-state index in [9.17, 15) is 13.2 Å². The van der Waals surface area contributed by atoms with E-state index >= 15 is 0 Å². The Bertz CT molecular complexity index is 1220.